The maximum absolute atomic E-state index is 12.3. The lowest BCUT2D eigenvalue weighted by Crippen LogP contribution is -2.13. The van der Waals surface area contributed by atoms with Crippen LogP contribution in [0, 0.1) is 6.92 Å². The summed E-state index contributed by atoms with van der Waals surface area (Å²) in [6.45, 7) is 2.14. The number of primary amides is 1. The van der Waals surface area contributed by atoms with Crippen LogP contribution < -0.4 is 10.5 Å². The van der Waals surface area contributed by atoms with Crippen LogP contribution in [0.2, 0.25) is 0 Å². The Labute approximate surface area is 151 Å². The minimum Gasteiger partial charge on any atom is -0.452 e. The number of aromatic nitrogens is 2. The Kier molecular flexibility index (Phi) is 4.71. The number of nitrogens with zero attached hydrogens (tertiary/aromatic N) is 2. The number of nitrogens with two attached hydrogens (primary N) is 1. The Hall–Kier alpha value is -2.87. The molecular weight excluding hydrogens is 390 g/mol. The molecular formula is C17H14BrN3O4. The molecule has 0 aliphatic heterocycles. The van der Waals surface area contributed by atoms with Crippen LogP contribution in [0.15, 0.2) is 51.6 Å². The first-order valence-corrected chi connectivity index (χ1v) is 8.11. The summed E-state index contributed by atoms with van der Waals surface area (Å²) in [5.41, 5.74) is 6.21. The minimum absolute atomic E-state index is 0.0603. The first kappa shape index (κ1) is 17.0. The van der Waals surface area contributed by atoms with Crippen LogP contribution >= 0.6 is 15.9 Å². The number of carbonyl (C=O) groups is 2. The molecule has 0 aliphatic carbocycles. The van der Waals surface area contributed by atoms with Gasteiger partial charge in [-0.15, -0.1) is 0 Å². The lowest BCUT2D eigenvalue weighted by molar-refractivity contribution is 0.0697. The van der Waals surface area contributed by atoms with E-state index in [9.17, 15) is 9.59 Å². The number of halogens is 1. The van der Waals surface area contributed by atoms with E-state index in [1.54, 1.807) is 42.2 Å². The zero-order valence-electron chi connectivity index (χ0n) is 13.2. The highest BCUT2D eigenvalue weighted by Crippen LogP contribution is 2.21. The molecule has 25 heavy (non-hydrogen) atoms. The Morgan fingerprint density at radius 2 is 2.12 bits per heavy atom. The minimum atomic E-state index is -0.655. The van der Waals surface area contributed by atoms with Gasteiger partial charge in [0.15, 0.2) is 0 Å². The van der Waals surface area contributed by atoms with Crippen molar-refractivity contribution in [1.29, 1.82) is 0 Å². The quantitative estimate of drug-likeness (QED) is 0.521. The lowest BCUT2D eigenvalue weighted by Gasteiger charge is -2.07. The third kappa shape index (κ3) is 3.97. The molecule has 3 rings (SSSR count). The molecule has 7 nitrogen and oxygen atoms in total. The molecule has 3 aromatic rings. The fourth-order valence-corrected chi connectivity index (χ4v) is 2.50. The van der Waals surface area contributed by atoms with Crippen LogP contribution in [-0.4, -0.2) is 21.7 Å². The maximum Gasteiger partial charge on any atom is 0.379 e. The van der Waals surface area contributed by atoms with Crippen molar-refractivity contribution in [2.24, 2.45) is 5.73 Å². The molecule has 0 saturated heterocycles. The number of esters is 1. The van der Waals surface area contributed by atoms with Gasteiger partial charge in [-0.05, 0) is 52.7 Å². The highest BCUT2D eigenvalue weighted by Gasteiger charge is 2.16. The largest absolute Gasteiger partial charge is 0.452 e. The molecule has 0 radical (unpaired) electrons. The van der Waals surface area contributed by atoms with Gasteiger partial charge in [-0.1, -0.05) is 6.07 Å². The van der Waals surface area contributed by atoms with Crippen molar-refractivity contribution in [2.45, 2.75) is 13.5 Å². The van der Waals surface area contributed by atoms with Crippen molar-refractivity contribution in [2.75, 3.05) is 0 Å². The summed E-state index contributed by atoms with van der Waals surface area (Å²) in [6, 6.07) is 7.87. The SMILES string of the molecule is Cc1ccc(C(N)=O)cc1OC(=O)c1ccc(Cn2cc(Br)cn2)o1. The van der Waals surface area contributed by atoms with Crippen LogP contribution in [0.3, 0.4) is 0 Å². The first-order valence-electron chi connectivity index (χ1n) is 7.31. The number of furan rings is 1. The molecule has 0 atom stereocenters. The van der Waals surface area contributed by atoms with Crippen molar-refractivity contribution in [3.8, 4) is 5.75 Å². The van der Waals surface area contributed by atoms with E-state index in [1.807, 2.05) is 0 Å². The van der Waals surface area contributed by atoms with E-state index in [-0.39, 0.29) is 17.1 Å². The number of amides is 1. The van der Waals surface area contributed by atoms with Gasteiger partial charge in [0, 0.05) is 11.8 Å². The zero-order valence-corrected chi connectivity index (χ0v) is 14.8. The fraction of sp³-hybridized carbons (Fsp3) is 0.118. The predicted octanol–water partition coefficient (Wildman–Crippen LogP) is 2.91. The molecule has 1 aromatic carbocycles. The second-order valence-corrected chi connectivity index (χ2v) is 6.27. The molecule has 128 valence electrons. The van der Waals surface area contributed by atoms with Gasteiger partial charge >= 0.3 is 5.97 Å². The Morgan fingerprint density at radius 3 is 2.80 bits per heavy atom. The molecule has 1 amide bonds. The van der Waals surface area contributed by atoms with Crippen LogP contribution in [0.25, 0.3) is 0 Å². The van der Waals surface area contributed by atoms with Gasteiger partial charge in [-0.25, -0.2) is 4.79 Å². The van der Waals surface area contributed by atoms with E-state index >= 15 is 0 Å². The van der Waals surface area contributed by atoms with E-state index in [2.05, 4.69) is 21.0 Å². The number of hydrogen-bond acceptors (Lipinski definition) is 5. The number of aryl methyl sites for hydroxylation is 1. The Morgan fingerprint density at radius 1 is 1.32 bits per heavy atom. The zero-order chi connectivity index (χ0) is 18.0. The van der Waals surface area contributed by atoms with E-state index in [4.69, 9.17) is 14.9 Å². The van der Waals surface area contributed by atoms with Crippen molar-refractivity contribution >= 4 is 27.8 Å². The summed E-state index contributed by atoms with van der Waals surface area (Å²) in [7, 11) is 0. The van der Waals surface area contributed by atoms with Crippen LogP contribution in [0.5, 0.6) is 5.75 Å². The van der Waals surface area contributed by atoms with E-state index in [1.165, 1.54) is 12.1 Å². The second-order valence-electron chi connectivity index (χ2n) is 5.36. The molecule has 2 aromatic heterocycles. The normalized spacial score (nSPS) is 10.6. The predicted molar refractivity (Wildman–Crippen MR) is 92.4 cm³/mol. The van der Waals surface area contributed by atoms with E-state index < -0.39 is 11.9 Å². The molecule has 2 heterocycles. The monoisotopic (exact) mass is 403 g/mol. The summed E-state index contributed by atoms with van der Waals surface area (Å²) in [5, 5.41) is 4.12. The van der Waals surface area contributed by atoms with Crippen molar-refractivity contribution in [3.05, 3.63) is 69.8 Å². The molecule has 0 aliphatic rings. The highest BCUT2D eigenvalue weighted by atomic mass is 79.9. The molecule has 0 bridgehead atoms. The fourth-order valence-electron chi connectivity index (χ4n) is 2.17. The topological polar surface area (TPSA) is 100 Å². The molecule has 8 heteroatoms. The summed E-state index contributed by atoms with van der Waals surface area (Å²) < 4.78 is 13.3. The number of benzene rings is 1. The average molecular weight is 404 g/mol. The third-order valence-electron chi connectivity index (χ3n) is 3.46. The van der Waals surface area contributed by atoms with Gasteiger partial charge < -0.3 is 14.9 Å². The van der Waals surface area contributed by atoms with Gasteiger partial charge in [0.25, 0.3) is 0 Å². The molecule has 0 spiro atoms. The maximum atomic E-state index is 12.3. The summed E-state index contributed by atoms with van der Waals surface area (Å²) >= 11 is 3.31. The van der Waals surface area contributed by atoms with Gasteiger partial charge in [0.2, 0.25) is 11.7 Å². The van der Waals surface area contributed by atoms with Crippen molar-refractivity contribution in [3.63, 3.8) is 0 Å². The number of ether oxygens (including phenoxy) is 1. The van der Waals surface area contributed by atoms with Gasteiger partial charge in [-0.3, -0.25) is 9.48 Å². The summed E-state index contributed by atoms with van der Waals surface area (Å²) in [5.74, 6) is -0.369. The highest BCUT2D eigenvalue weighted by molar-refractivity contribution is 9.10. The van der Waals surface area contributed by atoms with E-state index in [0.29, 0.717) is 17.9 Å². The molecule has 0 saturated carbocycles. The van der Waals surface area contributed by atoms with Crippen molar-refractivity contribution in [1.82, 2.24) is 9.78 Å². The average Bonchev–Trinajstić information content (AvgIpc) is 3.19. The lowest BCUT2D eigenvalue weighted by atomic mass is 10.1. The van der Waals surface area contributed by atoms with Gasteiger partial charge in [0.1, 0.15) is 11.5 Å². The van der Waals surface area contributed by atoms with Gasteiger partial charge in [-0.2, -0.15) is 5.10 Å². The molecule has 0 unspecified atom stereocenters. The standard InChI is InChI=1S/C17H14BrN3O4/c1-10-2-3-11(16(19)22)6-15(10)25-17(23)14-5-4-13(24-14)9-21-8-12(18)7-20-21/h2-8H,9H2,1H3,(H2,19,22). The van der Waals surface area contributed by atoms with Crippen LogP contribution in [0.1, 0.15) is 32.2 Å². The van der Waals surface area contributed by atoms with Crippen LogP contribution in [0.4, 0.5) is 0 Å². The Balaban J connectivity index is 1.74. The number of hydrogen-bond donors (Lipinski definition) is 1. The Bertz CT molecular complexity index is 945. The second kappa shape index (κ2) is 6.94. The number of rotatable bonds is 5. The molecule has 0 fully saturated rings. The van der Waals surface area contributed by atoms with E-state index in [0.717, 1.165) is 4.47 Å². The molecule has 2 N–H and O–H groups in total. The summed E-state index contributed by atoms with van der Waals surface area (Å²) in [6.07, 6.45) is 3.45. The van der Waals surface area contributed by atoms with Crippen molar-refractivity contribution < 1.29 is 18.7 Å². The third-order valence-corrected chi connectivity index (χ3v) is 3.87. The van der Waals surface area contributed by atoms with Gasteiger partial charge in [0.05, 0.1) is 17.2 Å². The number of carbonyl (C=O) groups excluding carboxylic acids is 2. The first-order chi connectivity index (χ1) is 11.9. The smallest absolute Gasteiger partial charge is 0.379 e. The van der Waals surface area contributed by atoms with Crippen LogP contribution in [-0.2, 0) is 6.54 Å². The summed E-state index contributed by atoms with van der Waals surface area (Å²) in [4.78, 5) is 23.5.